The Balaban J connectivity index is 1.85. The SMILES string of the molecule is O=C1C(Nc2ccccc2)=C(c2ccccc2)C(=O)N1c1cc(F)ccc1F. The van der Waals surface area contributed by atoms with Gasteiger partial charge in [-0.3, -0.25) is 9.59 Å². The van der Waals surface area contributed by atoms with Crippen molar-refractivity contribution < 1.29 is 18.4 Å². The number of rotatable bonds is 4. The molecule has 1 aliphatic heterocycles. The summed E-state index contributed by atoms with van der Waals surface area (Å²) in [4.78, 5) is 26.8. The van der Waals surface area contributed by atoms with Crippen molar-refractivity contribution in [3.05, 3.63) is 102 Å². The molecule has 0 atom stereocenters. The lowest BCUT2D eigenvalue weighted by molar-refractivity contribution is -0.120. The lowest BCUT2D eigenvalue weighted by Crippen LogP contribution is -2.33. The highest BCUT2D eigenvalue weighted by Crippen LogP contribution is 2.35. The van der Waals surface area contributed by atoms with Crippen LogP contribution >= 0.6 is 0 Å². The van der Waals surface area contributed by atoms with Gasteiger partial charge in [-0.05, 0) is 29.8 Å². The Morgan fingerprint density at radius 1 is 0.750 bits per heavy atom. The lowest BCUT2D eigenvalue weighted by Gasteiger charge is -2.16. The van der Waals surface area contributed by atoms with Crippen LogP contribution in [0.3, 0.4) is 0 Å². The Labute approximate surface area is 159 Å². The normalized spacial score (nSPS) is 14.0. The number of carbonyl (C=O) groups is 2. The number of hydrogen-bond acceptors (Lipinski definition) is 3. The molecule has 2 amide bonds. The summed E-state index contributed by atoms with van der Waals surface area (Å²) in [7, 11) is 0. The van der Waals surface area contributed by atoms with Crippen LogP contribution in [-0.2, 0) is 9.59 Å². The molecule has 3 aromatic rings. The molecule has 0 aromatic heterocycles. The Bertz CT molecular complexity index is 1100. The molecule has 3 aromatic carbocycles. The molecule has 138 valence electrons. The third kappa shape index (κ3) is 3.05. The van der Waals surface area contributed by atoms with E-state index >= 15 is 0 Å². The van der Waals surface area contributed by atoms with E-state index in [0.717, 1.165) is 18.2 Å². The maximum atomic E-state index is 14.3. The van der Waals surface area contributed by atoms with Crippen molar-refractivity contribution in [3.63, 3.8) is 0 Å². The predicted molar refractivity (Wildman–Crippen MR) is 102 cm³/mol. The number of imide groups is 1. The fraction of sp³-hybridized carbons (Fsp3) is 0. The Morgan fingerprint density at radius 3 is 2.07 bits per heavy atom. The first-order valence-electron chi connectivity index (χ1n) is 8.52. The van der Waals surface area contributed by atoms with E-state index in [1.165, 1.54) is 0 Å². The Kier molecular flexibility index (Phi) is 4.45. The van der Waals surface area contributed by atoms with Crippen molar-refractivity contribution in [3.8, 4) is 0 Å². The molecule has 1 N–H and O–H groups in total. The van der Waals surface area contributed by atoms with Crippen LogP contribution in [0, 0.1) is 11.6 Å². The third-order valence-corrected chi connectivity index (χ3v) is 4.34. The van der Waals surface area contributed by atoms with Crippen molar-refractivity contribution in [2.24, 2.45) is 0 Å². The summed E-state index contributed by atoms with van der Waals surface area (Å²) in [5.74, 6) is -3.09. The number of carbonyl (C=O) groups excluding carboxylic acids is 2. The molecular weight excluding hydrogens is 362 g/mol. The number of para-hydroxylation sites is 1. The van der Waals surface area contributed by atoms with E-state index in [-0.39, 0.29) is 11.3 Å². The summed E-state index contributed by atoms with van der Waals surface area (Å²) in [5.41, 5.74) is 0.768. The lowest BCUT2D eigenvalue weighted by atomic mass is 10.0. The van der Waals surface area contributed by atoms with Crippen LogP contribution < -0.4 is 10.2 Å². The second-order valence-electron chi connectivity index (χ2n) is 6.15. The first-order valence-corrected chi connectivity index (χ1v) is 8.52. The highest BCUT2D eigenvalue weighted by atomic mass is 19.1. The van der Waals surface area contributed by atoms with Crippen LogP contribution in [0.2, 0.25) is 0 Å². The molecule has 0 spiro atoms. The van der Waals surface area contributed by atoms with Gasteiger partial charge in [-0.2, -0.15) is 0 Å². The average molecular weight is 376 g/mol. The van der Waals surface area contributed by atoms with Gasteiger partial charge in [-0.25, -0.2) is 13.7 Å². The summed E-state index contributed by atoms with van der Waals surface area (Å²) in [6.45, 7) is 0. The maximum Gasteiger partial charge on any atom is 0.282 e. The van der Waals surface area contributed by atoms with Crippen molar-refractivity contribution in [1.82, 2.24) is 0 Å². The van der Waals surface area contributed by atoms with Crippen LogP contribution in [0.5, 0.6) is 0 Å². The number of nitrogens with one attached hydrogen (secondary N) is 1. The van der Waals surface area contributed by atoms with Crippen LogP contribution in [0.25, 0.3) is 5.57 Å². The number of benzene rings is 3. The molecule has 1 heterocycles. The number of anilines is 2. The molecule has 0 fully saturated rings. The minimum absolute atomic E-state index is 0.00561. The zero-order valence-electron chi connectivity index (χ0n) is 14.5. The van der Waals surface area contributed by atoms with E-state index in [2.05, 4.69) is 5.32 Å². The highest BCUT2D eigenvalue weighted by molar-refractivity contribution is 6.46. The quantitative estimate of drug-likeness (QED) is 0.689. The fourth-order valence-electron chi connectivity index (χ4n) is 3.06. The van der Waals surface area contributed by atoms with E-state index in [1.54, 1.807) is 54.6 Å². The summed E-state index contributed by atoms with van der Waals surface area (Å²) < 4.78 is 28.0. The summed E-state index contributed by atoms with van der Waals surface area (Å²) in [6.07, 6.45) is 0. The second-order valence-corrected chi connectivity index (χ2v) is 6.15. The van der Waals surface area contributed by atoms with Gasteiger partial charge in [-0.15, -0.1) is 0 Å². The van der Waals surface area contributed by atoms with Gasteiger partial charge in [0.25, 0.3) is 11.8 Å². The number of amides is 2. The van der Waals surface area contributed by atoms with Gasteiger partial charge in [0.2, 0.25) is 0 Å². The van der Waals surface area contributed by atoms with Crippen LogP contribution in [0.15, 0.2) is 84.6 Å². The van der Waals surface area contributed by atoms with E-state index in [9.17, 15) is 18.4 Å². The van der Waals surface area contributed by atoms with Crippen molar-refractivity contribution in [2.45, 2.75) is 0 Å². The van der Waals surface area contributed by atoms with E-state index < -0.39 is 29.1 Å². The average Bonchev–Trinajstić information content (AvgIpc) is 2.95. The van der Waals surface area contributed by atoms with Gasteiger partial charge in [0, 0.05) is 11.8 Å². The summed E-state index contributed by atoms with van der Waals surface area (Å²) in [6, 6.07) is 20.1. The molecule has 6 heteroatoms. The molecule has 0 aliphatic carbocycles. The zero-order chi connectivity index (χ0) is 19.7. The van der Waals surface area contributed by atoms with Gasteiger partial charge in [-0.1, -0.05) is 48.5 Å². The maximum absolute atomic E-state index is 14.3. The van der Waals surface area contributed by atoms with Gasteiger partial charge >= 0.3 is 0 Å². The van der Waals surface area contributed by atoms with Crippen LogP contribution in [-0.4, -0.2) is 11.8 Å². The van der Waals surface area contributed by atoms with Crippen molar-refractivity contribution >= 4 is 28.8 Å². The molecular formula is C22H14F2N2O2. The summed E-state index contributed by atoms with van der Waals surface area (Å²) in [5, 5.41) is 2.95. The van der Waals surface area contributed by atoms with E-state index in [0.29, 0.717) is 16.2 Å². The second kappa shape index (κ2) is 7.08. The standard InChI is InChI=1S/C22H14F2N2O2/c23-15-11-12-17(24)18(13-15)26-21(27)19(14-7-3-1-4-8-14)20(22(26)28)25-16-9-5-2-6-10-16/h1-13,25H. The van der Waals surface area contributed by atoms with Gasteiger partial charge in [0.1, 0.15) is 17.3 Å². The Hall–Kier alpha value is -3.80. The topological polar surface area (TPSA) is 49.4 Å². The molecule has 4 nitrogen and oxygen atoms in total. The van der Waals surface area contributed by atoms with Gasteiger partial charge < -0.3 is 5.32 Å². The fourth-order valence-corrected chi connectivity index (χ4v) is 3.06. The van der Waals surface area contributed by atoms with Crippen molar-refractivity contribution in [1.29, 1.82) is 0 Å². The predicted octanol–water partition coefficient (Wildman–Crippen LogP) is 4.36. The highest BCUT2D eigenvalue weighted by Gasteiger charge is 2.41. The molecule has 0 bridgehead atoms. The molecule has 0 saturated carbocycles. The molecule has 4 rings (SSSR count). The molecule has 0 radical (unpaired) electrons. The number of halogens is 2. The first kappa shape index (κ1) is 17.6. The van der Waals surface area contributed by atoms with E-state index in [1.807, 2.05) is 6.07 Å². The van der Waals surface area contributed by atoms with Gasteiger partial charge in [0.15, 0.2) is 0 Å². The minimum atomic E-state index is -0.864. The molecule has 0 unspecified atom stereocenters. The molecule has 28 heavy (non-hydrogen) atoms. The largest absolute Gasteiger partial charge is 0.350 e. The van der Waals surface area contributed by atoms with E-state index in [4.69, 9.17) is 0 Å². The zero-order valence-corrected chi connectivity index (χ0v) is 14.5. The number of hydrogen-bond donors (Lipinski definition) is 1. The molecule has 0 saturated heterocycles. The molecule has 1 aliphatic rings. The smallest absolute Gasteiger partial charge is 0.282 e. The number of nitrogens with zero attached hydrogens (tertiary/aromatic N) is 1. The van der Waals surface area contributed by atoms with Crippen molar-refractivity contribution in [2.75, 3.05) is 10.2 Å². The third-order valence-electron chi connectivity index (χ3n) is 4.34. The Morgan fingerprint density at radius 2 is 1.39 bits per heavy atom. The summed E-state index contributed by atoms with van der Waals surface area (Å²) >= 11 is 0. The van der Waals surface area contributed by atoms with Crippen LogP contribution in [0.4, 0.5) is 20.2 Å². The van der Waals surface area contributed by atoms with Crippen LogP contribution in [0.1, 0.15) is 5.56 Å². The monoisotopic (exact) mass is 376 g/mol. The minimum Gasteiger partial charge on any atom is -0.350 e. The van der Waals surface area contributed by atoms with Gasteiger partial charge in [0.05, 0.1) is 11.3 Å². The first-order chi connectivity index (χ1) is 13.6.